The van der Waals surface area contributed by atoms with Crippen LogP contribution in [0, 0.1) is 0 Å². The van der Waals surface area contributed by atoms with Gasteiger partial charge < -0.3 is 0 Å². The second kappa shape index (κ2) is 14.2. The summed E-state index contributed by atoms with van der Waals surface area (Å²) in [5.41, 5.74) is 1.61. The molecule has 3 aromatic rings. The molecule has 0 aliphatic carbocycles. The van der Waals surface area contributed by atoms with Gasteiger partial charge in [-0.05, 0) is 12.1 Å². The Hall–Kier alpha value is -2.34. The van der Waals surface area contributed by atoms with Gasteiger partial charge >= 0.3 is 230 Å². The number of nitrogens with zero attached hydrogens (tertiary/aromatic N) is 4. The van der Waals surface area contributed by atoms with Crippen molar-refractivity contribution in [3.63, 3.8) is 0 Å². The average Bonchev–Trinajstić information content (AvgIpc) is 3.68. The monoisotopic (exact) mass is 697 g/mol. The Morgan fingerprint density at radius 2 is 1.60 bits per heavy atom. The van der Waals surface area contributed by atoms with Crippen LogP contribution in [-0.2, 0) is 14.2 Å². The first-order valence-electron chi connectivity index (χ1n) is 16.0. The number of anilines is 1. The fourth-order valence-electron chi connectivity index (χ4n) is 6.40. The molecule has 0 spiro atoms. The van der Waals surface area contributed by atoms with Crippen LogP contribution in [0.15, 0.2) is 53.2 Å². The van der Waals surface area contributed by atoms with Crippen molar-refractivity contribution in [1.29, 1.82) is 0 Å². The zero-order chi connectivity index (χ0) is 30.5. The number of amides is 1. The van der Waals surface area contributed by atoms with E-state index in [0.717, 1.165) is 0 Å². The zero-order valence-electron chi connectivity index (χ0n) is 26.3. The van der Waals surface area contributed by atoms with Crippen LogP contribution in [0.1, 0.15) is 89.7 Å². The molecule has 1 aromatic carbocycles. The minimum absolute atomic E-state index is 0.228. The van der Waals surface area contributed by atoms with E-state index in [4.69, 9.17) is 14.2 Å². The van der Waals surface area contributed by atoms with E-state index in [1.165, 1.54) is 58.2 Å². The van der Waals surface area contributed by atoms with Gasteiger partial charge in [-0.2, -0.15) is 0 Å². The molecule has 0 radical (unpaired) electrons. The summed E-state index contributed by atoms with van der Waals surface area (Å²) in [5, 5.41) is 2.89. The number of carbonyl (C=O) groups is 1. The Bertz CT molecular complexity index is 1370. The standard InChI is InChI=1S/C21H20N5O4.3C4H9.Sn/c1-4-13-15-16(30-21(2,3)29-15)20(28-13)26-11-24-14-17(22-10-23-18(14)26)25-19(27)12-8-6-5-7-9-12;3*1-3-4-2;/h1,4-11,13,15-16,20H,2-3H3,(H,22,23,25,27);3*1,3-4H2,2H3;/t13-,15-,16-,20-;;;;/m1..../s1. The number of hydrogen-bond donors (Lipinski definition) is 1. The van der Waals surface area contributed by atoms with Crippen molar-refractivity contribution in [1.82, 2.24) is 19.5 Å². The summed E-state index contributed by atoms with van der Waals surface area (Å²) >= 11 is -2.54. The second-order valence-corrected chi connectivity index (χ2v) is 25.5. The molecular weight excluding hydrogens is 649 g/mol. The molecule has 0 saturated carbocycles. The van der Waals surface area contributed by atoms with Crippen molar-refractivity contribution in [2.45, 2.75) is 117 Å². The minimum atomic E-state index is -2.54. The number of unbranched alkanes of at least 4 members (excludes halogenated alkanes) is 3. The molecule has 0 unspecified atom stereocenters. The fraction of sp³-hybridized carbons (Fsp3) is 0.576. The van der Waals surface area contributed by atoms with E-state index >= 15 is 0 Å². The zero-order valence-corrected chi connectivity index (χ0v) is 29.1. The van der Waals surface area contributed by atoms with Gasteiger partial charge in [0.15, 0.2) is 0 Å². The van der Waals surface area contributed by atoms with Crippen LogP contribution in [0.3, 0.4) is 0 Å². The molecule has 0 bridgehead atoms. The third kappa shape index (κ3) is 7.32. The number of fused-ring (bicyclic) bond motifs is 2. The number of aromatic nitrogens is 4. The summed E-state index contributed by atoms with van der Waals surface area (Å²) in [5.74, 6) is -0.624. The third-order valence-corrected chi connectivity index (χ3v) is 22.8. The van der Waals surface area contributed by atoms with Gasteiger partial charge in [0.1, 0.15) is 0 Å². The Morgan fingerprint density at radius 3 is 2.26 bits per heavy atom. The SMILES string of the molecule is CCC[CH2][Sn](/[CH]=C\[C@H]1O[C@@H](n2cnc3c(NC(=O)c4ccccc4)ncnc32)[C@@H]2OC(C)(C)O[C@@H]21)([CH2]CCC)[CH2]CCC. The molecule has 4 atom stereocenters. The van der Waals surface area contributed by atoms with Crippen molar-refractivity contribution >= 4 is 41.3 Å². The third-order valence-electron chi connectivity index (χ3n) is 8.69. The van der Waals surface area contributed by atoms with E-state index in [1.54, 1.807) is 18.5 Å². The van der Waals surface area contributed by atoms with Crippen molar-refractivity contribution in [2.24, 2.45) is 0 Å². The number of ether oxygens (including phenoxy) is 3. The van der Waals surface area contributed by atoms with E-state index in [2.05, 4.69) is 51.2 Å². The van der Waals surface area contributed by atoms with E-state index in [0.29, 0.717) is 22.5 Å². The van der Waals surface area contributed by atoms with Crippen LogP contribution in [0.2, 0.25) is 13.3 Å². The predicted molar refractivity (Wildman–Crippen MR) is 171 cm³/mol. The first-order chi connectivity index (χ1) is 20.8. The maximum absolute atomic E-state index is 12.9. The van der Waals surface area contributed by atoms with Crippen LogP contribution in [-0.4, -0.2) is 67.9 Å². The predicted octanol–water partition coefficient (Wildman–Crippen LogP) is 7.44. The fourth-order valence-corrected chi connectivity index (χ4v) is 20.7. The van der Waals surface area contributed by atoms with Crippen molar-refractivity contribution in [3.05, 3.63) is 58.7 Å². The number of rotatable bonds is 14. The quantitative estimate of drug-likeness (QED) is 0.175. The molecule has 232 valence electrons. The van der Waals surface area contributed by atoms with Gasteiger partial charge in [-0.25, -0.2) is 0 Å². The van der Waals surface area contributed by atoms with Gasteiger partial charge in [0.2, 0.25) is 0 Å². The maximum atomic E-state index is 12.9. The van der Waals surface area contributed by atoms with Gasteiger partial charge in [-0.15, -0.1) is 0 Å². The number of imidazole rings is 1. The summed E-state index contributed by atoms with van der Waals surface area (Å²) in [6.07, 6.45) is 11.9. The molecular formula is C33H47N5O4Sn. The molecule has 2 saturated heterocycles. The molecule has 1 amide bonds. The summed E-state index contributed by atoms with van der Waals surface area (Å²) in [6.45, 7) is 10.8. The summed E-state index contributed by atoms with van der Waals surface area (Å²) < 4.78 is 28.4. The Labute approximate surface area is 259 Å². The first kappa shape index (κ1) is 32.1. The van der Waals surface area contributed by atoms with E-state index in [-0.39, 0.29) is 24.2 Å². The molecule has 2 aliphatic rings. The topological polar surface area (TPSA) is 100 Å². The van der Waals surface area contributed by atoms with Gasteiger partial charge in [0, 0.05) is 0 Å². The number of nitrogens with one attached hydrogen (secondary N) is 1. The van der Waals surface area contributed by atoms with E-state index in [9.17, 15) is 4.79 Å². The van der Waals surface area contributed by atoms with Gasteiger partial charge in [-0.1, -0.05) is 18.2 Å². The van der Waals surface area contributed by atoms with Crippen LogP contribution < -0.4 is 5.32 Å². The van der Waals surface area contributed by atoms with Crippen LogP contribution in [0.25, 0.3) is 11.2 Å². The molecule has 2 aliphatic heterocycles. The molecule has 43 heavy (non-hydrogen) atoms. The number of hydrogen-bond acceptors (Lipinski definition) is 7. The number of carbonyl (C=O) groups excluding carboxylic acids is 1. The number of benzene rings is 1. The molecule has 2 aromatic heterocycles. The molecule has 5 rings (SSSR count). The van der Waals surface area contributed by atoms with Crippen LogP contribution in [0.5, 0.6) is 0 Å². The van der Waals surface area contributed by atoms with Crippen LogP contribution >= 0.6 is 0 Å². The van der Waals surface area contributed by atoms with Crippen molar-refractivity contribution < 1.29 is 19.0 Å². The first-order valence-corrected chi connectivity index (χ1v) is 23.7. The van der Waals surface area contributed by atoms with Gasteiger partial charge in [-0.3, -0.25) is 0 Å². The molecule has 1 N–H and O–H groups in total. The second-order valence-electron chi connectivity index (χ2n) is 12.5. The molecule has 9 nitrogen and oxygen atoms in total. The van der Waals surface area contributed by atoms with Crippen LogP contribution in [0.4, 0.5) is 5.82 Å². The van der Waals surface area contributed by atoms with Crippen molar-refractivity contribution in [2.75, 3.05) is 5.32 Å². The van der Waals surface area contributed by atoms with Gasteiger partial charge in [0.05, 0.1) is 0 Å². The normalized spacial score (nSPS) is 23.3. The van der Waals surface area contributed by atoms with E-state index in [1.807, 2.05) is 36.6 Å². The Balaban J connectivity index is 1.43. The molecule has 4 heterocycles. The molecule has 2 fully saturated rings. The Kier molecular flexibility index (Phi) is 10.6. The average molecular weight is 696 g/mol. The summed E-state index contributed by atoms with van der Waals surface area (Å²) in [4.78, 5) is 26.3. The Morgan fingerprint density at radius 1 is 0.953 bits per heavy atom. The summed E-state index contributed by atoms with van der Waals surface area (Å²) in [6, 6.07) is 9.05. The molecule has 10 heteroatoms. The van der Waals surface area contributed by atoms with Gasteiger partial charge in [0.25, 0.3) is 0 Å². The summed E-state index contributed by atoms with van der Waals surface area (Å²) in [7, 11) is 0. The van der Waals surface area contributed by atoms with E-state index < -0.39 is 30.4 Å². The van der Waals surface area contributed by atoms with Crippen molar-refractivity contribution in [3.8, 4) is 0 Å².